The van der Waals surface area contributed by atoms with Gasteiger partial charge < -0.3 is 10.1 Å². The molecule has 0 aliphatic carbocycles. The first kappa shape index (κ1) is 18.1. The van der Waals surface area contributed by atoms with Gasteiger partial charge in [0.25, 0.3) is 5.91 Å². The van der Waals surface area contributed by atoms with E-state index in [2.05, 4.69) is 36.5 Å². The molecule has 0 atom stereocenters. The Morgan fingerprint density at radius 2 is 1.83 bits per heavy atom. The topological polar surface area (TPSA) is 55.4 Å². The number of rotatable bonds is 9. The Morgan fingerprint density at radius 1 is 1.12 bits per heavy atom. The summed E-state index contributed by atoms with van der Waals surface area (Å²) < 4.78 is 5.37. The van der Waals surface area contributed by atoms with E-state index in [4.69, 9.17) is 4.74 Å². The predicted molar refractivity (Wildman–Crippen MR) is 97.7 cm³/mol. The van der Waals surface area contributed by atoms with Gasteiger partial charge in [0.15, 0.2) is 6.61 Å². The highest BCUT2D eigenvalue weighted by Gasteiger charge is 2.02. The van der Waals surface area contributed by atoms with Crippen molar-refractivity contribution in [3.05, 3.63) is 65.2 Å². The van der Waals surface area contributed by atoms with Gasteiger partial charge in [0.05, 0.1) is 0 Å². The summed E-state index contributed by atoms with van der Waals surface area (Å²) in [5.41, 5.74) is 3.13. The van der Waals surface area contributed by atoms with E-state index in [0.29, 0.717) is 17.9 Å². The molecule has 0 heterocycles. The van der Waals surface area contributed by atoms with Gasteiger partial charge in [0, 0.05) is 23.6 Å². The molecule has 2 rings (SSSR count). The summed E-state index contributed by atoms with van der Waals surface area (Å²) in [6.07, 6.45) is 0.769. The van der Waals surface area contributed by atoms with Crippen LogP contribution < -0.4 is 10.1 Å². The number of amides is 1. The van der Waals surface area contributed by atoms with Gasteiger partial charge in [-0.1, -0.05) is 29.8 Å². The first-order valence-electron chi connectivity index (χ1n) is 7.75. The van der Waals surface area contributed by atoms with Crippen LogP contribution >= 0.6 is 11.8 Å². The third-order valence-electron chi connectivity index (χ3n) is 3.34. The van der Waals surface area contributed by atoms with E-state index in [-0.39, 0.29) is 12.5 Å². The minimum Gasteiger partial charge on any atom is -0.484 e. The highest BCUT2D eigenvalue weighted by atomic mass is 32.2. The lowest BCUT2D eigenvalue weighted by Crippen LogP contribution is -2.30. The number of benzene rings is 2. The molecule has 4 nitrogen and oxygen atoms in total. The van der Waals surface area contributed by atoms with Crippen LogP contribution in [0.25, 0.3) is 0 Å². The maximum Gasteiger partial charge on any atom is 0.257 e. The minimum atomic E-state index is -0.148. The van der Waals surface area contributed by atoms with Gasteiger partial charge in [0.2, 0.25) is 0 Å². The molecule has 0 spiro atoms. The van der Waals surface area contributed by atoms with Crippen LogP contribution in [-0.4, -0.2) is 31.1 Å². The van der Waals surface area contributed by atoms with Crippen molar-refractivity contribution in [2.24, 2.45) is 0 Å². The average molecular weight is 343 g/mol. The van der Waals surface area contributed by atoms with Crippen molar-refractivity contribution in [3.63, 3.8) is 0 Å². The molecule has 0 aliphatic rings. The first-order valence-corrected chi connectivity index (χ1v) is 8.91. The predicted octanol–water partition coefficient (Wildman–Crippen LogP) is 3.24. The van der Waals surface area contributed by atoms with Crippen molar-refractivity contribution in [2.45, 2.75) is 12.7 Å². The van der Waals surface area contributed by atoms with Crippen molar-refractivity contribution in [1.29, 1.82) is 0 Å². The van der Waals surface area contributed by atoms with Crippen LogP contribution in [0.3, 0.4) is 0 Å². The lowest BCUT2D eigenvalue weighted by Gasteiger charge is -2.08. The minimum absolute atomic E-state index is 0.0247. The van der Waals surface area contributed by atoms with E-state index >= 15 is 0 Å². The van der Waals surface area contributed by atoms with Gasteiger partial charge in [-0.3, -0.25) is 9.59 Å². The van der Waals surface area contributed by atoms with E-state index in [9.17, 15) is 9.59 Å². The maximum absolute atomic E-state index is 11.7. The summed E-state index contributed by atoms with van der Waals surface area (Å²) >= 11 is 1.78. The molecule has 5 heteroatoms. The van der Waals surface area contributed by atoms with Crippen LogP contribution in [-0.2, 0) is 10.5 Å². The summed E-state index contributed by atoms with van der Waals surface area (Å²) in [7, 11) is 0. The van der Waals surface area contributed by atoms with Crippen molar-refractivity contribution in [3.8, 4) is 5.75 Å². The van der Waals surface area contributed by atoms with E-state index in [1.54, 1.807) is 36.0 Å². The quantitative estimate of drug-likeness (QED) is 0.561. The number of aldehydes is 1. The van der Waals surface area contributed by atoms with Gasteiger partial charge in [-0.05, 0) is 36.8 Å². The maximum atomic E-state index is 11.7. The molecule has 0 saturated carbocycles. The molecule has 0 aliphatic heterocycles. The highest BCUT2D eigenvalue weighted by molar-refractivity contribution is 7.98. The summed E-state index contributed by atoms with van der Waals surface area (Å²) in [6.45, 7) is 2.66. The molecule has 0 bridgehead atoms. The number of ether oxygens (including phenoxy) is 1. The number of carbonyl (C=O) groups is 2. The molecule has 0 radical (unpaired) electrons. The molecular weight excluding hydrogens is 322 g/mol. The lowest BCUT2D eigenvalue weighted by molar-refractivity contribution is -0.122. The number of carbonyl (C=O) groups excluding carboxylic acids is 2. The second-order valence-electron chi connectivity index (χ2n) is 5.36. The number of aryl methyl sites for hydroxylation is 1. The zero-order chi connectivity index (χ0) is 17.2. The Hall–Kier alpha value is -2.27. The van der Waals surface area contributed by atoms with Gasteiger partial charge in [0.1, 0.15) is 12.0 Å². The monoisotopic (exact) mass is 343 g/mol. The van der Waals surface area contributed by atoms with E-state index in [1.165, 1.54) is 11.1 Å². The Morgan fingerprint density at radius 3 is 2.50 bits per heavy atom. The van der Waals surface area contributed by atoms with Gasteiger partial charge in [-0.2, -0.15) is 11.8 Å². The Balaban J connectivity index is 1.57. The summed E-state index contributed by atoms with van der Waals surface area (Å²) in [4.78, 5) is 22.3. The fraction of sp³-hybridized carbons (Fsp3) is 0.263. The zero-order valence-electron chi connectivity index (χ0n) is 13.7. The van der Waals surface area contributed by atoms with E-state index in [1.807, 2.05) is 0 Å². The SMILES string of the molecule is Cc1ccc(CSCCNC(=O)COc2ccc(C=O)cc2)cc1. The van der Waals surface area contributed by atoms with Crippen LogP contribution in [0, 0.1) is 6.92 Å². The fourth-order valence-electron chi connectivity index (χ4n) is 1.98. The molecule has 0 saturated heterocycles. The third-order valence-corrected chi connectivity index (χ3v) is 4.37. The summed E-state index contributed by atoms with van der Waals surface area (Å²) in [5, 5.41) is 2.83. The van der Waals surface area contributed by atoms with Crippen molar-refractivity contribution in [1.82, 2.24) is 5.32 Å². The summed E-state index contributed by atoms with van der Waals surface area (Å²) in [6, 6.07) is 15.1. The zero-order valence-corrected chi connectivity index (χ0v) is 14.5. The highest BCUT2D eigenvalue weighted by Crippen LogP contribution is 2.12. The second-order valence-corrected chi connectivity index (χ2v) is 6.47. The van der Waals surface area contributed by atoms with Crippen molar-refractivity contribution >= 4 is 24.0 Å². The van der Waals surface area contributed by atoms with Crippen LogP contribution in [0.5, 0.6) is 5.75 Å². The molecule has 0 unspecified atom stereocenters. The summed E-state index contributed by atoms with van der Waals surface area (Å²) in [5.74, 6) is 2.22. The number of nitrogens with one attached hydrogen (secondary N) is 1. The lowest BCUT2D eigenvalue weighted by atomic mass is 10.2. The average Bonchev–Trinajstić information content (AvgIpc) is 2.61. The van der Waals surface area contributed by atoms with Crippen LogP contribution in [0.15, 0.2) is 48.5 Å². The van der Waals surface area contributed by atoms with Crippen molar-refractivity contribution in [2.75, 3.05) is 18.9 Å². The smallest absolute Gasteiger partial charge is 0.257 e. The Bertz CT molecular complexity index is 653. The van der Waals surface area contributed by atoms with Crippen LogP contribution in [0.2, 0.25) is 0 Å². The molecule has 0 aromatic heterocycles. The number of thioether (sulfide) groups is 1. The normalized spacial score (nSPS) is 10.2. The van der Waals surface area contributed by atoms with Gasteiger partial charge in [-0.15, -0.1) is 0 Å². The van der Waals surface area contributed by atoms with E-state index < -0.39 is 0 Å². The Labute approximate surface area is 146 Å². The largest absolute Gasteiger partial charge is 0.484 e. The molecule has 2 aromatic rings. The Kier molecular flexibility index (Phi) is 7.36. The molecular formula is C19H21NO3S. The van der Waals surface area contributed by atoms with Crippen LogP contribution in [0.1, 0.15) is 21.5 Å². The number of hydrogen-bond acceptors (Lipinski definition) is 4. The molecule has 1 N–H and O–H groups in total. The molecule has 1 amide bonds. The number of hydrogen-bond donors (Lipinski definition) is 1. The third kappa shape index (κ3) is 6.46. The molecule has 126 valence electrons. The first-order chi connectivity index (χ1) is 11.7. The van der Waals surface area contributed by atoms with Gasteiger partial charge in [-0.25, -0.2) is 0 Å². The van der Waals surface area contributed by atoms with E-state index in [0.717, 1.165) is 17.8 Å². The van der Waals surface area contributed by atoms with Crippen molar-refractivity contribution < 1.29 is 14.3 Å². The molecule has 24 heavy (non-hydrogen) atoms. The van der Waals surface area contributed by atoms with Crippen LogP contribution in [0.4, 0.5) is 0 Å². The fourth-order valence-corrected chi connectivity index (χ4v) is 2.80. The van der Waals surface area contributed by atoms with Gasteiger partial charge >= 0.3 is 0 Å². The second kappa shape index (κ2) is 9.78. The standard InChI is InChI=1S/C19H21NO3S/c1-15-2-4-17(5-3-15)14-24-11-10-20-19(22)13-23-18-8-6-16(12-21)7-9-18/h2-9,12H,10-11,13-14H2,1H3,(H,20,22). The molecule has 0 fully saturated rings. The molecule has 2 aromatic carbocycles.